The summed E-state index contributed by atoms with van der Waals surface area (Å²) in [6.07, 6.45) is 0. The zero-order valence-corrected chi connectivity index (χ0v) is 23.0. The first kappa shape index (κ1) is 26.8. The Morgan fingerprint density at radius 3 is 2.06 bits per heavy atom. The van der Waals surface area contributed by atoms with Gasteiger partial charge in [-0.25, -0.2) is 0 Å². The molecule has 0 saturated carbocycles. The van der Waals surface area contributed by atoms with E-state index in [9.17, 15) is 13.9 Å². The number of azo groups is 2. The maximum absolute atomic E-state index is 11.1. The number of anilines is 1. The molecule has 0 bridgehead atoms. The van der Waals surface area contributed by atoms with Crippen LogP contribution in [0.5, 0.6) is 5.75 Å². The van der Waals surface area contributed by atoms with Crippen molar-refractivity contribution in [2.45, 2.75) is 25.7 Å². The summed E-state index contributed by atoms with van der Waals surface area (Å²) in [6.45, 7) is 5.64. The van der Waals surface area contributed by atoms with Crippen molar-refractivity contribution >= 4 is 50.3 Å². The molecule has 0 radical (unpaired) electrons. The quantitative estimate of drug-likeness (QED) is 0.152. The number of nitrogens with zero attached hydrogens (tertiary/aromatic N) is 4. The fraction of sp³-hybridized carbons (Fsp3) is 0.120. The van der Waals surface area contributed by atoms with E-state index in [0.29, 0.717) is 28.1 Å². The molecule has 172 valence electrons. The van der Waals surface area contributed by atoms with E-state index >= 15 is 0 Å². The summed E-state index contributed by atoms with van der Waals surface area (Å²) in [5, 5.41) is 29.3. The predicted molar refractivity (Wildman–Crippen MR) is 133 cm³/mol. The van der Waals surface area contributed by atoms with Gasteiger partial charge >= 0.3 is 32.7 Å². The van der Waals surface area contributed by atoms with Crippen LogP contribution in [0.2, 0.25) is 0 Å². The summed E-state index contributed by atoms with van der Waals surface area (Å²) in [5.41, 5.74) is 11.1. The molecule has 0 spiro atoms. The molecule has 8 nitrogen and oxygen atoms in total. The molecule has 3 N–H and O–H groups in total. The summed E-state index contributed by atoms with van der Waals surface area (Å²) < 4.78 is 22.0. The van der Waals surface area contributed by atoms with Crippen LogP contribution in [0.3, 0.4) is 0 Å². The molecule has 10 heteroatoms. The fourth-order valence-electron chi connectivity index (χ4n) is 3.62. The zero-order valence-electron chi connectivity index (χ0n) is 19.4. The smallest absolute Gasteiger partial charge is 0.768 e. The first-order chi connectivity index (χ1) is 16.3. The van der Waals surface area contributed by atoms with Crippen LogP contribution in [-0.2, 0) is 43.8 Å². The largest absolute Gasteiger partial charge is 3.00 e. The SMILES string of the molecule is Cc1ccccc1N=Nc1c(C)cc2cc(C)c(N=Nc3ccc(S(=O)[O-])cc3)c(N)c2c1O.[Y+3]. The van der Waals surface area contributed by atoms with Gasteiger partial charge in [-0.05, 0) is 96.4 Å². The molecule has 0 heterocycles. The van der Waals surface area contributed by atoms with Gasteiger partial charge in [0.25, 0.3) is 0 Å². The second-order valence-corrected chi connectivity index (χ2v) is 8.80. The topological polar surface area (TPSA) is 136 Å². The van der Waals surface area contributed by atoms with Crippen LogP contribution >= 0.6 is 0 Å². The van der Waals surface area contributed by atoms with Crippen molar-refractivity contribution < 1.29 is 46.6 Å². The van der Waals surface area contributed by atoms with Gasteiger partial charge in [-0.2, -0.15) is 10.2 Å². The van der Waals surface area contributed by atoms with Gasteiger partial charge < -0.3 is 15.4 Å². The van der Waals surface area contributed by atoms with E-state index in [-0.39, 0.29) is 49.0 Å². The number of rotatable bonds is 5. The molecule has 4 aromatic carbocycles. The second-order valence-electron chi connectivity index (χ2n) is 7.86. The molecule has 1 unspecified atom stereocenters. The van der Waals surface area contributed by atoms with Gasteiger partial charge in [0.2, 0.25) is 0 Å². The molecule has 0 aromatic heterocycles. The Balaban J connectivity index is 0.00000342. The van der Waals surface area contributed by atoms with Crippen LogP contribution in [0.15, 0.2) is 86.0 Å². The Morgan fingerprint density at radius 1 is 0.829 bits per heavy atom. The third-order valence-corrected chi connectivity index (χ3v) is 6.09. The molecule has 0 aliphatic carbocycles. The molecule has 4 rings (SSSR count). The molecule has 4 aromatic rings. The van der Waals surface area contributed by atoms with Crippen molar-refractivity contribution in [2.24, 2.45) is 20.5 Å². The van der Waals surface area contributed by atoms with Crippen LogP contribution < -0.4 is 5.73 Å². The van der Waals surface area contributed by atoms with Gasteiger partial charge in [0.15, 0.2) is 5.75 Å². The van der Waals surface area contributed by atoms with Crippen LogP contribution in [-0.4, -0.2) is 13.9 Å². The Labute approximate surface area is 230 Å². The van der Waals surface area contributed by atoms with Crippen LogP contribution in [0.25, 0.3) is 10.8 Å². The van der Waals surface area contributed by atoms with E-state index in [1.54, 1.807) is 12.1 Å². The van der Waals surface area contributed by atoms with Crippen molar-refractivity contribution in [1.82, 2.24) is 0 Å². The minimum absolute atomic E-state index is 0. The summed E-state index contributed by atoms with van der Waals surface area (Å²) >= 11 is -2.31. The minimum Gasteiger partial charge on any atom is -0.768 e. The van der Waals surface area contributed by atoms with Crippen LogP contribution in [0.1, 0.15) is 16.7 Å². The first-order valence-electron chi connectivity index (χ1n) is 10.4. The molecular formula is C25H22N5O3SY+2. The van der Waals surface area contributed by atoms with Crippen molar-refractivity contribution in [3.8, 4) is 5.75 Å². The van der Waals surface area contributed by atoms with Gasteiger partial charge in [0.05, 0.1) is 22.4 Å². The third kappa shape index (κ3) is 5.70. The van der Waals surface area contributed by atoms with E-state index in [1.807, 2.05) is 57.2 Å². The predicted octanol–water partition coefficient (Wildman–Crippen LogP) is 7.12. The number of phenols is 1. The van der Waals surface area contributed by atoms with Gasteiger partial charge in [-0.15, -0.1) is 10.2 Å². The molecule has 0 amide bonds. The van der Waals surface area contributed by atoms with E-state index in [2.05, 4.69) is 20.5 Å². The number of nitrogens with two attached hydrogens (primary N) is 1. The molecule has 0 saturated heterocycles. The van der Waals surface area contributed by atoms with Crippen LogP contribution in [0, 0.1) is 20.8 Å². The van der Waals surface area contributed by atoms with E-state index in [0.717, 1.165) is 22.1 Å². The maximum Gasteiger partial charge on any atom is 3.00 e. The molecule has 35 heavy (non-hydrogen) atoms. The maximum atomic E-state index is 11.1. The molecule has 1 atom stereocenters. The van der Waals surface area contributed by atoms with Crippen molar-refractivity contribution in [2.75, 3.05) is 5.73 Å². The van der Waals surface area contributed by atoms with Gasteiger partial charge in [-0.3, -0.25) is 4.21 Å². The summed E-state index contributed by atoms with van der Waals surface area (Å²) in [5.74, 6) is -0.0800. The van der Waals surface area contributed by atoms with Crippen molar-refractivity contribution in [1.29, 1.82) is 0 Å². The number of phenolic OH excluding ortho intramolecular Hbond substituents is 1. The summed E-state index contributed by atoms with van der Waals surface area (Å²) in [6, 6.07) is 17.3. The molecule has 0 aliphatic heterocycles. The Morgan fingerprint density at radius 2 is 1.43 bits per heavy atom. The van der Waals surface area contributed by atoms with E-state index in [1.165, 1.54) is 12.1 Å². The zero-order chi connectivity index (χ0) is 24.4. The Bertz CT molecular complexity index is 1490. The first-order valence-corrected chi connectivity index (χ1v) is 11.5. The van der Waals surface area contributed by atoms with E-state index < -0.39 is 11.1 Å². The van der Waals surface area contributed by atoms with Crippen LogP contribution in [0.4, 0.5) is 28.4 Å². The standard InChI is InChI=1S/C25H23N5O3S.Y/c1-14-6-4-5-7-20(14)28-30-24-16(3)13-17-12-15(2)23(22(26)21(17)25(24)31)29-27-18-8-10-19(11-9-18)34(32)33;/h4-13,31H,26H2,1-3H3,(H,32,33);/q;+3/p-1. The molecule has 0 aliphatic rings. The number of aryl methyl sites for hydroxylation is 3. The number of benzene rings is 4. The minimum atomic E-state index is -2.31. The van der Waals surface area contributed by atoms with Gasteiger partial charge in [0.1, 0.15) is 11.4 Å². The number of nitrogen functional groups attached to an aromatic ring is 1. The Kier molecular flexibility index (Phi) is 8.61. The monoisotopic (exact) mass is 561 g/mol. The van der Waals surface area contributed by atoms with Gasteiger partial charge in [0, 0.05) is 4.90 Å². The summed E-state index contributed by atoms with van der Waals surface area (Å²) in [7, 11) is 0. The van der Waals surface area contributed by atoms with Crippen molar-refractivity contribution in [3.63, 3.8) is 0 Å². The van der Waals surface area contributed by atoms with E-state index in [4.69, 9.17) is 5.73 Å². The normalized spacial score (nSPS) is 12.3. The molecular weight excluding hydrogens is 539 g/mol. The number of hydrogen-bond donors (Lipinski definition) is 2. The third-order valence-electron chi connectivity index (χ3n) is 5.43. The average Bonchev–Trinajstić information content (AvgIpc) is 2.79. The summed E-state index contributed by atoms with van der Waals surface area (Å²) in [4.78, 5) is 0.160. The Hall–Kier alpha value is -2.85. The fourth-order valence-corrected chi connectivity index (χ4v) is 3.97. The number of aromatic hydroxyl groups is 1. The van der Waals surface area contributed by atoms with Crippen molar-refractivity contribution in [3.05, 3.63) is 77.4 Å². The number of hydrogen-bond acceptors (Lipinski definition) is 8. The van der Waals surface area contributed by atoms with Gasteiger partial charge in [-0.1, -0.05) is 18.2 Å². The second kappa shape index (κ2) is 11.3. The molecule has 0 fully saturated rings. The number of fused-ring (bicyclic) bond motifs is 1. The average molecular weight is 561 g/mol.